The van der Waals surface area contributed by atoms with Gasteiger partial charge in [-0.2, -0.15) is 0 Å². The van der Waals surface area contributed by atoms with E-state index in [0.717, 1.165) is 30.8 Å². The summed E-state index contributed by atoms with van der Waals surface area (Å²) in [7, 11) is 1.88. The van der Waals surface area contributed by atoms with Gasteiger partial charge in [-0.1, -0.05) is 19.1 Å². The molecule has 2 aromatic rings. The van der Waals surface area contributed by atoms with Gasteiger partial charge in [0.2, 0.25) is 5.91 Å². The Bertz CT molecular complexity index is 933. The summed E-state index contributed by atoms with van der Waals surface area (Å²) in [5.74, 6) is 0.361. The van der Waals surface area contributed by atoms with Crippen LogP contribution in [0.25, 0.3) is 0 Å². The number of nitrogens with zero attached hydrogens (tertiary/aromatic N) is 5. The van der Waals surface area contributed by atoms with Crippen molar-refractivity contribution >= 4 is 11.8 Å². The molecular weight excluding hydrogens is 384 g/mol. The highest BCUT2D eigenvalue weighted by molar-refractivity contribution is 5.92. The predicted molar refractivity (Wildman–Crippen MR) is 109 cm³/mol. The number of hydrogen-bond acceptors (Lipinski definition) is 5. The Morgan fingerprint density at radius 1 is 1.33 bits per heavy atom. The summed E-state index contributed by atoms with van der Waals surface area (Å²) in [6.45, 7) is 6.60. The van der Waals surface area contributed by atoms with Crippen LogP contribution >= 0.6 is 0 Å². The van der Waals surface area contributed by atoms with Gasteiger partial charge in [0.25, 0.3) is 5.91 Å². The van der Waals surface area contributed by atoms with Gasteiger partial charge in [-0.25, -0.2) is 4.68 Å². The number of likely N-dealkylation sites (tertiary alicyclic amines) is 1. The van der Waals surface area contributed by atoms with Crippen LogP contribution in [0.3, 0.4) is 0 Å². The summed E-state index contributed by atoms with van der Waals surface area (Å²) in [6.07, 6.45) is 4.14. The van der Waals surface area contributed by atoms with Crippen molar-refractivity contribution in [1.82, 2.24) is 29.8 Å². The average Bonchev–Trinajstić information content (AvgIpc) is 3.30. The fourth-order valence-electron chi connectivity index (χ4n) is 4.32. The molecule has 2 aromatic heterocycles. The molecule has 1 saturated heterocycles. The van der Waals surface area contributed by atoms with E-state index in [2.05, 4.69) is 15.6 Å². The summed E-state index contributed by atoms with van der Waals surface area (Å²) >= 11 is 0. The van der Waals surface area contributed by atoms with Crippen LogP contribution in [0.4, 0.5) is 0 Å². The number of ether oxygens (including phenoxy) is 1. The minimum absolute atomic E-state index is 0.0158. The van der Waals surface area contributed by atoms with E-state index in [9.17, 15) is 9.59 Å². The Morgan fingerprint density at radius 3 is 2.90 bits per heavy atom. The Balaban J connectivity index is 1.42. The third-order valence-electron chi connectivity index (χ3n) is 5.91. The van der Waals surface area contributed by atoms with Gasteiger partial charge < -0.3 is 19.5 Å². The van der Waals surface area contributed by atoms with E-state index in [-0.39, 0.29) is 11.8 Å². The highest BCUT2D eigenvalue weighted by atomic mass is 16.5. The van der Waals surface area contributed by atoms with E-state index in [1.54, 1.807) is 0 Å². The Kier molecular flexibility index (Phi) is 5.64. The highest BCUT2D eigenvalue weighted by Gasteiger charge is 2.42. The van der Waals surface area contributed by atoms with Crippen LogP contribution in [0.5, 0.6) is 0 Å². The monoisotopic (exact) mass is 414 g/mol. The number of aryl methyl sites for hydroxylation is 1. The number of fused-ring (bicyclic) bond motifs is 1. The zero-order valence-corrected chi connectivity index (χ0v) is 17.9. The number of carbonyl (C=O) groups excluding carboxylic acids is 2. The van der Waals surface area contributed by atoms with Crippen molar-refractivity contribution in [2.75, 3.05) is 13.1 Å². The SMILES string of the molecule is CC(C)CC(=O)NCc1nnn2c1COC1(CCCN(C(=O)c3cccn3C)C1)C2. The summed E-state index contributed by atoms with van der Waals surface area (Å²) in [6, 6.07) is 3.73. The summed E-state index contributed by atoms with van der Waals surface area (Å²) in [5.41, 5.74) is 1.88. The zero-order valence-electron chi connectivity index (χ0n) is 17.9. The number of aromatic nitrogens is 4. The number of carbonyl (C=O) groups is 2. The van der Waals surface area contributed by atoms with Crippen molar-refractivity contribution in [3.05, 3.63) is 35.4 Å². The highest BCUT2D eigenvalue weighted by Crippen LogP contribution is 2.33. The molecule has 0 aliphatic carbocycles. The molecule has 2 aliphatic heterocycles. The van der Waals surface area contributed by atoms with Crippen LogP contribution in [0, 0.1) is 5.92 Å². The van der Waals surface area contributed by atoms with Crippen molar-refractivity contribution in [3.8, 4) is 0 Å². The van der Waals surface area contributed by atoms with E-state index in [4.69, 9.17) is 4.74 Å². The first-order valence-corrected chi connectivity index (χ1v) is 10.6. The molecule has 1 unspecified atom stereocenters. The minimum Gasteiger partial charge on any atom is -0.365 e. The van der Waals surface area contributed by atoms with E-state index in [1.165, 1.54) is 0 Å². The first-order valence-electron chi connectivity index (χ1n) is 10.6. The molecular formula is C21H30N6O3. The third kappa shape index (κ3) is 4.12. The largest absolute Gasteiger partial charge is 0.365 e. The second-order valence-electron chi connectivity index (χ2n) is 8.82. The minimum atomic E-state index is -0.446. The molecule has 0 radical (unpaired) electrons. The maximum Gasteiger partial charge on any atom is 0.270 e. The molecule has 4 rings (SSSR count). The lowest BCUT2D eigenvalue weighted by Gasteiger charge is -2.44. The molecule has 9 heteroatoms. The van der Waals surface area contributed by atoms with Crippen molar-refractivity contribution < 1.29 is 14.3 Å². The van der Waals surface area contributed by atoms with Crippen LogP contribution in [0.1, 0.15) is 55.0 Å². The first kappa shape index (κ1) is 20.6. The quantitative estimate of drug-likeness (QED) is 0.800. The van der Waals surface area contributed by atoms with Crippen LogP contribution in [-0.4, -0.2) is 55.0 Å². The number of amides is 2. The van der Waals surface area contributed by atoms with Crippen molar-refractivity contribution in [2.24, 2.45) is 13.0 Å². The van der Waals surface area contributed by atoms with E-state index in [1.807, 2.05) is 53.4 Å². The molecule has 0 aromatic carbocycles. The smallest absolute Gasteiger partial charge is 0.270 e. The Hall–Kier alpha value is -2.68. The molecule has 0 saturated carbocycles. The lowest BCUT2D eigenvalue weighted by molar-refractivity contribution is -0.123. The van der Waals surface area contributed by atoms with Gasteiger partial charge in [-0.15, -0.1) is 5.10 Å². The molecule has 1 spiro atoms. The fourth-order valence-corrected chi connectivity index (χ4v) is 4.32. The van der Waals surface area contributed by atoms with Gasteiger partial charge in [-0.3, -0.25) is 9.59 Å². The molecule has 1 atom stereocenters. The van der Waals surface area contributed by atoms with Crippen molar-refractivity contribution in [1.29, 1.82) is 0 Å². The van der Waals surface area contributed by atoms with Crippen LogP contribution in [-0.2, 0) is 36.3 Å². The van der Waals surface area contributed by atoms with Crippen LogP contribution in [0.15, 0.2) is 18.3 Å². The normalized spacial score (nSPS) is 21.1. The molecule has 9 nitrogen and oxygen atoms in total. The van der Waals surface area contributed by atoms with Gasteiger partial charge in [0.15, 0.2) is 0 Å². The van der Waals surface area contributed by atoms with Gasteiger partial charge in [0.05, 0.1) is 31.9 Å². The summed E-state index contributed by atoms with van der Waals surface area (Å²) in [4.78, 5) is 26.8. The summed E-state index contributed by atoms with van der Waals surface area (Å²) in [5, 5.41) is 11.5. The standard InChI is InChI=1S/C21H30N6O3/c1-15(2)10-19(28)22-11-16-18-12-30-21(14-27(18)24-23-16)7-5-9-26(13-21)20(29)17-6-4-8-25(17)3/h4,6,8,15H,5,7,9-14H2,1-3H3,(H,22,28). The Morgan fingerprint density at radius 2 is 2.17 bits per heavy atom. The molecule has 30 heavy (non-hydrogen) atoms. The van der Waals surface area contributed by atoms with E-state index in [0.29, 0.717) is 44.3 Å². The molecule has 1 N–H and O–H groups in total. The first-order chi connectivity index (χ1) is 14.4. The van der Waals surface area contributed by atoms with Gasteiger partial charge in [-0.05, 0) is 30.9 Å². The van der Waals surface area contributed by atoms with E-state index >= 15 is 0 Å². The van der Waals surface area contributed by atoms with Gasteiger partial charge >= 0.3 is 0 Å². The zero-order chi connectivity index (χ0) is 21.3. The maximum absolute atomic E-state index is 13.0. The molecule has 4 heterocycles. The second-order valence-corrected chi connectivity index (χ2v) is 8.82. The van der Waals surface area contributed by atoms with Crippen LogP contribution < -0.4 is 5.32 Å². The Labute approximate surface area is 176 Å². The number of hydrogen-bond donors (Lipinski definition) is 1. The maximum atomic E-state index is 13.0. The van der Waals surface area contributed by atoms with Gasteiger partial charge in [0, 0.05) is 26.2 Å². The van der Waals surface area contributed by atoms with E-state index < -0.39 is 5.60 Å². The topological polar surface area (TPSA) is 94.3 Å². The third-order valence-corrected chi connectivity index (χ3v) is 5.91. The fraction of sp³-hybridized carbons (Fsp3) is 0.619. The number of rotatable bonds is 5. The average molecular weight is 415 g/mol. The molecule has 2 aliphatic rings. The molecule has 0 bridgehead atoms. The van der Waals surface area contributed by atoms with Gasteiger partial charge in [0.1, 0.15) is 17.0 Å². The number of piperidine rings is 1. The van der Waals surface area contributed by atoms with Crippen molar-refractivity contribution in [3.63, 3.8) is 0 Å². The lowest BCUT2D eigenvalue weighted by atomic mass is 9.91. The predicted octanol–water partition coefficient (Wildman–Crippen LogP) is 1.48. The second kappa shape index (κ2) is 8.22. The molecule has 162 valence electrons. The number of nitrogens with one attached hydrogen (secondary N) is 1. The molecule has 2 amide bonds. The molecule has 1 fully saturated rings. The summed E-state index contributed by atoms with van der Waals surface area (Å²) < 4.78 is 10.0. The van der Waals surface area contributed by atoms with Crippen LogP contribution in [0.2, 0.25) is 0 Å². The van der Waals surface area contributed by atoms with Crippen molar-refractivity contribution in [2.45, 2.75) is 58.4 Å². The lowest BCUT2D eigenvalue weighted by Crippen LogP contribution is -2.55.